The van der Waals surface area contributed by atoms with E-state index in [-0.39, 0.29) is 0 Å². The highest BCUT2D eigenvalue weighted by Crippen LogP contribution is 2.23. The summed E-state index contributed by atoms with van der Waals surface area (Å²) < 4.78 is 2.06. The first kappa shape index (κ1) is 12.6. The van der Waals surface area contributed by atoms with Crippen molar-refractivity contribution in [3.63, 3.8) is 0 Å². The molecule has 3 rings (SSSR count). The number of benzene rings is 2. The van der Waals surface area contributed by atoms with Crippen molar-refractivity contribution >= 4 is 0 Å². The molecule has 100 valence electrons. The number of imidazole rings is 1. The molecule has 1 aromatic heterocycles. The lowest BCUT2D eigenvalue weighted by molar-refractivity contribution is 0.797. The highest BCUT2D eigenvalue weighted by atomic mass is 15.0. The minimum Gasteiger partial charge on any atom is -0.333 e. The highest BCUT2D eigenvalue weighted by Gasteiger charge is 2.03. The Morgan fingerprint density at radius 2 is 1.80 bits per heavy atom. The summed E-state index contributed by atoms with van der Waals surface area (Å²) in [4.78, 5) is 4.06. The van der Waals surface area contributed by atoms with Crippen LogP contribution in [-0.4, -0.2) is 9.55 Å². The molecule has 20 heavy (non-hydrogen) atoms. The van der Waals surface area contributed by atoms with Crippen LogP contribution in [0.1, 0.15) is 11.1 Å². The molecule has 2 N–H and O–H groups in total. The quantitative estimate of drug-likeness (QED) is 0.786. The fraction of sp³-hybridized carbons (Fsp3) is 0.118. The number of aromatic nitrogens is 2. The lowest BCUT2D eigenvalue weighted by atomic mass is 9.99. The van der Waals surface area contributed by atoms with Crippen LogP contribution in [0.5, 0.6) is 0 Å². The fourth-order valence-corrected chi connectivity index (χ4v) is 2.36. The number of hydrogen-bond donors (Lipinski definition) is 1. The molecular weight excluding hydrogens is 246 g/mol. The summed E-state index contributed by atoms with van der Waals surface area (Å²) in [5.74, 6) is 0. The van der Waals surface area contributed by atoms with E-state index in [1.54, 1.807) is 6.20 Å². The zero-order chi connectivity index (χ0) is 13.8. The molecule has 3 heteroatoms. The van der Waals surface area contributed by atoms with Crippen LogP contribution in [0.2, 0.25) is 0 Å². The number of nitrogens with two attached hydrogens (primary N) is 1. The maximum atomic E-state index is 5.80. The van der Waals surface area contributed by atoms with Gasteiger partial charge in [-0.3, -0.25) is 0 Å². The van der Waals surface area contributed by atoms with E-state index >= 15 is 0 Å². The first-order valence-electron chi connectivity index (χ1n) is 6.70. The summed E-state index contributed by atoms with van der Waals surface area (Å²) >= 11 is 0. The summed E-state index contributed by atoms with van der Waals surface area (Å²) in [6.45, 7) is 1.41. The molecule has 0 spiro atoms. The Bertz CT molecular complexity index is 670. The molecule has 0 unspecified atom stereocenters. The average molecular weight is 263 g/mol. The molecule has 0 saturated heterocycles. The summed E-state index contributed by atoms with van der Waals surface area (Å²) in [5, 5.41) is 0. The monoisotopic (exact) mass is 263 g/mol. The Balaban J connectivity index is 1.85. The molecule has 0 amide bonds. The zero-order valence-electron chi connectivity index (χ0n) is 11.2. The van der Waals surface area contributed by atoms with E-state index in [0.29, 0.717) is 6.54 Å². The predicted octanol–water partition coefficient (Wildman–Crippen LogP) is 3.06. The average Bonchev–Trinajstić information content (AvgIpc) is 3.01. The van der Waals surface area contributed by atoms with Crippen LogP contribution in [0.15, 0.2) is 67.3 Å². The SMILES string of the molecule is NCc1ccccc1-c1ccc(Cn2ccnc2)cc1. The third-order valence-electron chi connectivity index (χ3n) is 3.43. The van der Waals surface area contributed by atoms with Gasteiger partial charge >= 0.3 is 0 Å². The van der Waals surface area contributed by atoms with Crippen molar-refractivity contribution in [1.29, 1.82) is 0 Å². The molecule has 3 nitrogen and oxygen atoms in total. The highest BCUT2D eigenvalue weighted by molar-refractivity contribution is 5.67. The number of hydrogen-bond acceptors (Lipinski definition) is 2. The minimum atomic E-state index is 0.562. The molecule has 0 atom stereocenters. The molecule has 0 aliphatic heterocycles. The van der Waals surface area contributed by atoms with Crippen LogP contribution < -0.4 is 5.73 Å². The van der Waals surface area contributed by atoms with Crippen LogP contribution in [-0.2, 0) is 13.1 Å². The normalized spacial score (nSPS) is 10.7. The predicted molar refractivity (Wildman–Crippen MR) is 81.1 cm³/mol. The molecule has 0 saturated carbocycles. The van der Waals surface area contributed by atoms with Crippen molar-refractivity contribution < 1.29 is 0 Å². The summed E-state index contributed by atoms with van der Waals surface area (Å²) in [6.07, 6.45) is 5.60. The third-order valence-corrected chi connectivity index (χ3v) is 3.43. The Labute approximate surface area is 118 Å². The van der Waals surface area contributed by atoms with Crippen molar-refractivity contribution in [2.45, 2.75) is 13.1 Å². The molecule has 2 aromatic carbocycles. The minimum absolute atomic E-state index is 0.562. The molecule has 0 bridgehead atoms. The van der Waals surface area contributed by atoms with E-state index in [9.17, 15) is 0 Å². The van der Waals surface area contributed by atoms with Gasteiger partial charge in [-0.2, -0.15) is 0 Å². The zero-order valence-corrected chi connectivity index (χ0v) is 11.2. The first-order chi connectivity index (χ1) is 9.86. The van der Waals surface area contributed by atoms with Crippen LogP contribution >= 0.6 is 0 Å². The topological polar surface area (TPSA) is 43.8 Å². The van der Waals surface area contributed by atoms with Crippen LogP contribution in [0.3, 0.4) is 0 Å². The van der Waals surface area contributed by atoms with Crippen LogP contribution in [0.25, 0.3) is 11.1 Å². The summed E-state index contributed by atoms with van der Waals surface area (Å²) in [7, 11) is 0. The fourth-order valence-electron chi connectivity index (χ4n) is 2.36. The van der Waals surface area contributed by atoms with Gasteiger partial charge in [0.05, 0.1) is 6.33 Å². The standard InChI is InChI=1S/C17H17N3/c18-11-16-3-1-2-4-17(16)15-7-5-14(6-8-15)12-20-10-9-19-13-20/h1-10,13H,11-12,18H2. The summed E-state index contributed by atoms with van der Waals surface area (Å²) in [5.41, 5.74) is 10.7. The molecule has 1 heterocycles. The van der Waals surface area contributed by atoms with Crippen molar-refractivity contribution in [3.05, 3.63) is 78.4 Å². The Morgan fingerprint density at radius 3 is 2.50 bits per heavy atom. The maximum Gasteiger partial charge on any atom is 0.0949 e. The van der Waals surface area contributed by atoms with E-state index in [4.69, 9.17) is 5.73 Å². The van der Waals surface area contributed by atoms with Crippen LogP contribution in [0, 0.1) is 0 Å². The van der Waals surface area contributed by atoms with Crippen molar-refractivity contribution in [2.75, 3.05) is 0 Å². The van der Waals surface area contributed by atoms with E-state index in [1.807, 2.05) is 24.7 Å². The second-order valence-corrected chi connectivity index (χ2v) is 4.79. The Hall–Kier alpha value is -2.39. The third kappa shape index (κ3) is 2.63. The lowest BCUT2D eigenvalue weighted by Gasteiger charge is -2.09. The second kappa shape index (κ2) is 5.72. The van der Waals surface area contributed by atoms with Crippen molar-refractivity contribution in [2.24, 2.45) is 5.73 Å². The van der Waals surface area contributed by atoms with Gasteiger partial charge in [0.25, 0.3) is 0 Å². The van der Waals surface area contributed by atoms with Gasteiger partial charge < -0.3 is 10.3 Å². The van der Waals surface area contributed by atoms with Crippen molar-refractivity contribution in [3.8, 4) is 11.1 Å². The molecule has 3 aromatic rings. The van der Waals surface area contributed by atoms with Crippen molar-refractivity contribution in [1.82, 2.24) is 9.55 Å². The molecule has 0 radical (unpaired) electrons. The Kier molecular flexibility index (Phi) is 3.61. The molecular formula is C17H17N3. The van der Waals surface area contributed by atoms with Gasteiger partial charge in [-0.1, -0.05) is 48.5 Å². The van der Waals surface area contributed by atoms with Gasteiger partial charge in [0.2, 0.25) is 0 Å². The van der Waals surface area contributed by atoms with Gasteiger partial charge in [0.15, 0.2) is 0 Å². The van der Waals surface area contributed by atoms with Gasteiger partial charge in [0.1, 0.15) is 0 Å². The summed E-state index contributed by atoms with van der Waals surface area (Å²) in [6, 6.07) is 16.9. The van der Waals surface area contributed by atoms with E-state index < -0.39 is 0 Å². The van der Waals surface area contributed by atoms with E-state index in [1.165, 1.54) is 22.3 Å². The molecule has 0 aliphatic carbocycles. The number of rotatable bonds is 4. The smallest absolute Gasteiger partial charge is 0.0949 e. The maximum absolute atomic E-state index is 5.80. The first-order valence-corrected chi connectivity index (χ1v) is 6.70. The second-order valence-electron chi connectivity index (χ2n) is 4.79. The van der Waals surface area contributed by atoms with Gasteiger partial charge in [-0.15, -0.1) is 0 Å². The number of nitrogens with zero attached hydrogens (tertiary/aromatic N) is 2. The van der Waals surface area contributed by atoms with Crippen LogP contribution in [0.4, 0.5) is 0 Å². The lowest BCUT2D eigenvalue weighted by Crippen LogP contribution is -1.99. The molecule has 0 fully saturated rings. The largest absolute Gasteiger partial charge is 0.333 e. The molecule has 0 aliphatic rings. The van der Waals surface area contributed by atoms with Gasteiger partial charge in [-0.05, 0) is 22.3 Å². The van der Waals surface area contributed by atoms with E-state index in [0.717, 1.165) is 6.54 Å². The van der Waals surface area contributed by atoms with E-state index in [2.05, 4.69) is 45.9 Å². The Morgan fingerprint density at radius 1 is 1.00 bits per heavy atom. The van der Waals surface area contributed by atoms with Gasteiger partial charge in [0, 0.05) is 25.5 Å². The van der Waals surface area contributed by atoms with Gasteiger partial charge in [-0.25, -0.2) is 4.98 Å².